The topological polar surface area (TPSA) is 49.7 Å². The maximum absolute atomic E-state index is 9.55. The van der Waals surface area contributed by atoms with Crippen molar-refractivity contribution in [1.29, 1.82) is 0 Å². The fraction of sp³-hybridized carbons (Fsp3) is 0.467. The maximum atomic E-state index is 9.55. The Morgan fingerprint density at radius 2 is 1.94 bits per heavy atom. The molecule has 0 amide bonds. The molecular weight excluding hydrogens is 228 g/mol. The first-order chi connectivity index (χ1) is 8.76. The van der Waals surface area contributed by atoms with Crippen LogP contribution in [0, 0.1) is 0 Å². The highest BCUT2D eigenvalue weighted by molar-refractivity contribution is 5.13. The Bertz CT molecular complexity index is 335. The molecule has 0 fully saturated rings. The second kappa shape index (κ2) is 8.86. The third-order valence-corrected chi connectivity index (χ3v) is 2.73. The van der Waals surface area contributed by atoms with Gasteiger partial charge in [-0.25, -0.2) is 0 Å². The number of allylic oxidation sites excluding steroid dienone is 1. The van der Waals surface area contributed by atoms with Crippen LogP contribution in [-0.4, -0.2) is 29.0 Å². The zero-order valence-corrected chi connectivity index (χ0v) is 10.8. The minimum Gasteiger partial charge on any atom is -0.394 e. The summed E-state index contributed by atoms with van der Waals surface area (Å²) in [4.78, 5) is 0. The van der Waals surface area contributed by atoms with Crippen molar-refractivity contribution in [2.45, 2.75) is 38.6 Å². The molecule has 0 aliphatic heterocycles. The van der Waals surface area contributed by atoms with E-state index < -0.39 is 6.10 Å². The summed E-state index contributed by atoms with van der Waals surface area (Å²) in [5, 5.41) is 18.8. The van der Waals surface area contributed by atoms with Gasteiger partial charge >= 0.3 is 0 Å². The molecule has 2 atom stereocenters. The normalized spacial score (nSPS) is 14.8. The van der Waals surface area contributed by atoms with Crippen LogP contribution in [0.15, 0.2) is 42.5 Å². The molecule has 3 nitrogen and oxygen atoms in total. The quantitative estimate of drug-likeness (QED) is 0.696. The van der Waals surface area contributed by atoms with Gasteiger partial charge in [0, 0.05) is 0 Å². The Morgan fingerprint density at radius 1 is 1.22 bits per heavy atom. The first-order valence-corrected chi connectivity index (χ1v) is 6.33. The van der Waals surface area contributed by atoms with Crippen LogP contribution in [0.2, 0.25) is 0 Å². The van der Waals surface area contributed by atoms with Crippen LogP contribution in [0.1, 0.15) is 25.3 Å². The highest BCUT2D eigenvalue weighted by atomic mass is 16.5. The zero-order chi connectivity index (χ0) is 13.2. The van der Waals surface area contributed by atoms with Crippen LogP contribution in [0.25, 0.3) is 0 Å². The van der Waals surface area contributed by atoms with Crippen LogP contribution in [0.5, 0.6) is 0 Å². The summed E-state index contributed by atoms with van der Waals surface area (Å²) >= 11 is 0. The monoisotopic (exact) mass is 250 g/mol. The van der Waals surface area contributed by atoms with Gasteiger partial charge in [0.2, 0.25) is 0 Å². The van der Waals surface area contributed by atoms with E-state index in [-0.39, 0.29) is 12.7 Å². The fourth-order valence-electron chi connectivity index (χ4n) is 1.69. The van der Waals surface area contributed by atoms with Crippen LogP contribution in [0.4, 0.5) is 0 Å². The van der Waals surface area contributed by atoms with Gasteiger partial charge in [-0.2, -0.15) is 0 Å². The van der Waals surface area contributed by atoms with Gasteiger partial charge in [0.25, 0.3) is 0 Å². The predicted octanol–water partition coefficient (Wildman–Crippen LogP) is 2.28. The van der Waals surface area contributed by atoms with E-state index in [0.29, 0.717) is 19.4 Å². The SMILES string of the molecule is C/C=C/[C@H](O)CC[C@@H](CO)OCc1ccccc1. The molecule has 0 aromatic heterocycles. The highest BCUT2D eigenvalue weighted by Crippen LogP contribution is 2.09. The number of benzene rings is 1. The van der Waals surface area contributed by atoms with Crippen molar-refractivity contribution < 1.29 is 14.9 Å². The minimum absolute atomic E-state index is 0.0185. The number of hydrogen-bond acceptors (Lipinski definition) is 3. The third-order valence-electron chi connectivity index (χ3n) is 2.73. The van der Waals surface area contributed by atoms with Gasteiger partial charge in [0.05, 0.1) is 25.4 Å². The molecule has 0 spiro atoms. The van der Waals surface area contributed by atoms with Gasteiger partial charge in [0.15, 0.2) is 0 Å². The van der Waals surface area contributed by atoms with Crippen LogP contribution in [-0.2, 0) is 11.3 Å². The minimum atomic E-state index is -0.454. The molecule has 0 saturated heterocycles. The second-order valence-electron chi connectivity index (χ2n) is 4.27. The second-order valence-corrected chi connectivity index (χ2v) is 4.27. The molecule has 1 aromatic rings. The summed E-state index contributed by atoms with van der Waals surface area (Å²) in [7, 11) is 0. The molecule has 18 heavy (non-hydrogen) atoms. The van der Waals surface area contributed by atoms with Crippen molar-refractivity contribution in [3.63, 3.8) is 0 Å². The maximum Gasteiger partial charge on any atom is 0.0811 e. The van der Waals surface area contributed by atoms with E-state index in [0.717, 1.165) is 5.56 Å². The Morgan fingerprint density at radius 3 is 2.56 bits per heavy atom. The molecule has 1 aromatic carbocycles. The van der Waals surface area contributed by atoms with Crippen molar-refractivity contribution >= 4 is 0 Å². The molecule has 1 rings (SSSR count). The average molecular weight is 250 g/mol. The number of aliphatic hydroxyl groups is 2. The van der Waals surface area contributed by atoms with E-state index in [2.05, 4.69) is 0 Å². The van der Waals surface area contributed by atoms with Crippen molar-refractivity contribution in [2.75, 3.05) is 6.61 Å². The van der Waals surface area contributed by atoms with E-state index in [1.54, 1.807) is 6.08 Å². The van der Waals surface area contributed by atoms with E-state index in [1.165, 1.54) is 0 Å². The standard InChI is InChI=1S/C15H22O3/c1-2-6-14(17)9-10-15(11-16)18-12-13-7-4-3-5-8-13/h2-8,14-17H,9-12H2,1H3/b6-2+/t14-,15-/m0/s1. The van der Waals surface area contributed by atoms with E-state index >= 15 is 0 Å². The first kappa shape index (κ1) is 14.9. The predicted molar refractivity (Wildman–Crippen MR) is 72.2 cm³/mol. The molecule has 0 heterocycles. The smallest absolute Gasteiger partial charge is 0.0811 e. The van der Waals surface area contributed by atoms with Gasteiger partial charge in [-0.1, -0.05) is 42.5 Å². The summed E-state index contributed by atoms with van der Waals surface area (Å²) in [6.07, 6.45) is 4.14. The zero-order valence-electron chi connectivity index (χ0n) is 10.8. The van der Waals surface area contributed by atoms with Gasteiger partial charge in [0.1, 0.15) is 0 Å². The van der Waals surface area contributed by atoms with Crippen molar-refractivity contribution in [2.24, 2.45) is 0 Å². The molecule has 2 N–H and O–H groups in total. The Labute approximate surface area is 109 Å². The van der Waals surface area contributed by atoms with Crippen molar-refractivity contribution in [3.05, 3.63) is 48.0 Å². The van der Waals surface area contributed by atoms with E-state index in [9.17, 15) is 10.2 Å². The van der Waals surface area contributed by atoms with E-state index in [1.807, 2.05) is 43.3 Å². The molecule has 100 valence electrons. The van der Waals surface area contributed by atoms with Crippen LogP contribution in [0.3, 0.4) is 0 Å². The third kappa shape index (κ3) is 5.96. The van der Waals surface area contributed by atoms with Gasteiger partial charge < -0.3 is 14.9 Å². The number of aliphatic hydroxyl groups excluding tert-OH is 2. The molecular formula is C15H22O3. The Hall–Kier alpha value is -1.16. The summed E-state index contributed by atoms with van der Waals surface area (Å²) in [6.45, 7) is 2.35. The summed E-state index contributed by atoms with van der Waals surface area (Å²) in [5.74, 6) is 0. The van der Waals surface area contributed by atoms with Gasteiger partial charge in [-0.05, 0) is 25.3 Å². The average Bonchev–Trinajstić information content (AvgIpc) is 2.40. The first-order valence-electron chi connectivity index (χ1n) is 6.33. The Kier molecular flexibility index (Phi) is 7.34. The lowest BCUT2D eigenvalue weighted by Gasteiger charge is -2.16. The largest absolute Gasteiger partial charge is 0.394 e. The van der Waals surface area contributed by atoms with E-state index in [4.69, 9.17) is 4.74 Å². The molecule has 3 heteroatoms. The van der Waals surface area contributed by atoms with Gasteiger partial charge in [-0.3, -0.25) is 0 Å². The Balaban J connectivity index is 2.29. The lowest BCUT2D eigenvalue weighted by molar-refractivity contribution is -0.00774. The lowest BCUT2D eigenvalue weighted by atomic mass is 10.1. The van der Waals surface area contributed by atoms with Crippen molar-refractivity contribution in [1.82, 2.24) is 0 Å². The van der Waals surface area contributed by atoms with Gasteiger partial charge in [-0.15, -0.1) is 0 Å². The van der Waals surface area contributed by atoms with Crippen LogP contribution >= 0.6 is 0 Å². The summed E-state index contributed by atoms with van der Waals surface area (Å²) < 4.78 is 5.62. The molecule has 0 saturated carbocycles. The number of hydrogen-bond donors (Lipinski definition) is 2. The lowest BCUT2D eigenvalue weighted by Crippen LogP contribution is -2.19. The summed E-state index contributed by atoms with van der Waals surface area (Å²) in [5.41, 5.74) is 1.09. The van der Waals surface area contributed by atoms with Crippen LogP contribution < -0.4 is 0 Å². The highest BCUT2D eigenvalue weighted by Gasteiger charge is 2.10. The fourth-order valence-corrected chi connectivity index (χ4v) is 1.69. The molecule has 0 unspecified atom stereocenters. The molecule has 0 radical (unpaired) electrons. The number of ether oxygens (including phenoxy) is 1. The van der Waals surface area contributed by atoms with Crippen molar-refractivity contribution in [3.8, 4) is 0 Å². The molecule has 0 bridgehead atoms. The molecule has 0 aliphatic carbocycles. The molecule has 0 aliphatic rings. The number of rotatable bonds is 8. The summed E-state index contributed by atoms with van der Waals surface area (Å²) in [6, 6.07) is 9.86.